The highest BCUT2D eigenvalue weighted by molar-refractivity contribution is 5.99. The van der Waals surface area contributed by atoms with Crippen molar-refractivity contribution in [3.63, 3.8) is 0 Å². The predicted molar refractivity (Wildman–Crippen MR) is 72.8 cm³/mol. The molecule has 0 saturated carbocycles. The number of amides is 1. The van der Waals surface area contributed by atoms with E-state index in [1.54, 1.807) is 12.4 Å². The molecule has 1 aromatic heterocycles. The van der Waals surface area contributed by atoms with Gasteiger partial charge in [0.05, 0.1) is 11.3 Å². The van der Waals surface area contributed by atoms with Gasteiger partial charge in [0.2, 0.25) is 0 Å². The van der Waals surface area contributed by atoms with Gasteiger partial charge < -0.3 is 10.2 Å². The van der Waals surface area contributed by atoms with Crippen molar-refractivity contribution in [1.29, 1.82) is 0 Å². The molecule has 0 radical (unpaired) electrons. The van der Waals surface area contributed by atoms with E-state index in [1.807, 2.05) is 17.9 Å². The highest BCUT2D eigenvalue weighted by Crippen LogP contribution is 2.24. The Kier molecular flexibility index (Phi) is 4.18. The average molecular weight is 247 g/mol. The summed E-state index contributed by atoms with van der Waals surface area (Å²) in [6.45, 7) is 5.85. The van der Waals surface area contributed by atoms with Crippen LogP contribution in [0.1, 0.15) is 43.5 Å². The molecule has 1 fully saturated rings. The molecular weight excluding hydrogens is 226 g/mol. The first-order chi connectivity index (χ1) is 8.77. The van der Waals surface area contributed by atoms with E-state index in [1.165, 1.54) is 0 Å². The van der Waals surface area contributed by atoms with Gasteiger partial charge in [0.15, 0.2) is 0 Å². The van der Waals surface area contributed by atoms with Crippen LogP contribution in [0.2, 0.25) is 0 Å². The zero-order chi connectivity index (χ0) is 13.0. The molecule has 2 rings (SSSR count). The second-order valence-electron chi connectivity index (χ2n) is 4.65. The Morgan fingerprint density at radius 3 is 3.11 bits per heavy atom. The Morgan fingerprint density at radius 2 is 2.39 bits per heavy atom. The number of aromatic nitrogens is 1. The van der Waals surface area contributed by atoms with E-state index in [0.717, 1.165) is 38.0 Å². The second-order valence-corrected chi connectivity index (χ2v) is 4.65. The predicted octanol–water partition coefficient (Wildman–Crippen LogP) is 2.53. The number of carbonyl (C=O) groups is 1. The van der Waals surface area contributed by atoms with Crippen molar-refractivity contribution in [3.8, 4) is 0 Å². The fraction of sp³-hybridized carbons (Fsp3) is 0.571. The number of nitrogens with one attached hydrogen (secondary N) is 1. The summed E-state index contributed by atoms with van der Waals surface area (Å²) < 4.78 is 0. The molecule has 1 aliphatic heterocycles. The highest BCUT2D eigenvalue weighted by atomic mass is 16.2. The quantitative estimate of drug-likeness (QED) is 0.889. The van der Waals surface area contributed by atoms with E-state index < -0.39 is 0 Å². The number of rotatable bonds is 4. The largest absolute Gasteiger partial charge is 0.385 e. The summed E-state index contributed by atoms with van der Waals surface area (Å²) in [6.07, 6.45) is 6.66. The summed E-state index contributed by atoms with van der Waals surface area (Å²) in [6, 6.07) is 2.26. The van der Waals surface area contributed by atoms with Gasteiger partial charge in [-0.2, -0.15) is 0 Å². The summed E-state index contributed by atoms with van der Waals surface area (Å²) in [7, 11) is 0. The van der Waals surface area contributed by atoms with E-state index in [2.05, 4.69) is 17.2 Å². The number of hydrogen-bond acceptors (Lipinski definition) is 3. The van der Waals surface area contributed by atoms with Crippen molar-refractivity contribution in [3.05, 3.63) is 24.0 Å². The van der Waals surface area contributed by atoms with E-state index in [-0.39, 0.29) is 5.91 Å². The topological polar surface area (TPSA) is 45.2 Å². The van der Waals surface area contributed by atoms with Crippen LogP contribution in [0.3, 0.4) is 0 Å². The number of pyridine rings is 1. The van der Waals surface area contributed by atoms with Gasteiger partial charge in [0.25, 0.3) is 5.91 Å². The highest BCUT2D eigenvalue weighted by Gasteiger charge is 2.29. The smallest absolute Gasteiger partial charge is 0.257 e. The minimum atomic E-state index is 0.114. The molecule has 0 aliphatic carbocycles. The number of likely N-dealkylation sites (tertiary alicyclic amines) is 1. The Hall–Kier alpha value is -1.58. The monoisotopic (exact) mass is 247 g/mol. The van der Waals surface area contributed by atoms with Crippen molar-refractivity contribution >= 4 is 11.6 Å². The average Bonchev–Trinajstić information content (AvgIpc) is 2.87. The van der Waals surface area contributed by atoms with E-state index >= 15 is 0 Å². The van der Waals surface area contributed by atoms with Crippen LogP contribution in [0.5, 0.6) is 0 Å². The van der Waals surface area contributed by atoms with Gasteiger partial charge in [-0.25, -0.2) is 0 Å². The molecule has 0 aromatic carbocycles. The lowest BCUT2D eigenvalue weighted by Gasteiger charge is -2.24. The van der Waals surface area contributed by atoms with Crippen LogP contribution in [0.25, 0.3) is 0 Å². The molecule has 1 saturated heterocycles. The van der Waals surface area contributed by atoms with E-state index in [9.17, 15) is 4.79 Å². The molecule has 0 spiro atoms. The lowest BCUT2D eigenvalue weighted by atomic mass is 10.1. The second kappa shape index (κ2) is 5.85. The van der Waals surface area contributed by atoms with Gasteiger partial charge in [-0.3, -0.25) is 9.78 Å². The summed E-state index contributed by atoms with van der Waals surface area (Å²) >= 11 is 0. The first-order valence-electron chi connectivity index (χ1n) is 6.76. The van der Waals surface area contributed by atoms with Crippen LogP contribution in [0, 0.1) is 0 Å². The van der Waals surface area contributed by atoms with E-state index in [4.69, 9.17) is 0 Å². The molecular formula is C14H21N3O. The maximum absolute atomic E-state index is 12.6. The van der Waals surface area contributed by atoms with Crippen molar-refractivity contribution in [2.45, 2.75) is 39.2 Å². The van der Waals surface area contributed by atoms with Gasteiger partial charge >= 0.3 is 0 Å². The van der Waals surface area contributed by atoms with Gasteiger partial charge in [0.1, 0.15) is 0 Å². The normalized spacial score (nSPS) is 19.0. The van der Waals surface area contributed by atoms with Crippen molar-refractivity contribution in [1.82, 2.24) is 9.88 Å². The van der Waals surface area contributed by atoms with Crippen LogP contribution in [0.15, 0.2) is 18.5 Å². The molecule has 1 aromatic rings. The Bertz CT molecular complexity index is 419. The third-order valence-corrected chi connectivity index (χ3v) is 3.53. The van der Waals surface area contributed by atoms with Gasteiger partial charge in [-0.1, -0.05) is 6.92 Å². The van der Waals surface area contributed by atoms with Gasteiger partial charge in [-0.15, -0.1) is 0 Å². The molecule has 1 N–H and O–H groups in total. The van der Waals surface area contributed by atoms with Gasteiger partial charge in [0, 0.05) is 31.5 Å². The standard InChI is InChI=1S/C14H21N3O/c1-3-11-6-5-9-17(11)14(18)12-10-15-8-7-13(12)16-4-2/h7-8,10-11H,3-6,9H2,1-2H3,(H,15,16). The first-order valence-corrected chi connectivity index (χ1v) is 6.76. The van der Waals surface area contributed by atoms with Gasteiger partial charge in [-0.05, 0) is 32.3 Å². The zero-order valence-corrected chi connectivity index (χ0v) is 11.1. The fourth-order valence-corrected chi connectivity index (χ4v) is 2.59. The van der Waals surface area contributed by atoms with E-state index in [0.29, 0.717) is 11.6 Å². The molecule has 2 heterocycles. The number of carbonyl (C=O) groups excluding carboxylic acids is 1. The Morgan fingerprint density at radius 1 is 1.56 bits per heavy atom. The summed E-state index contributed by atoms with van der Waals surface area (Å²) in [4.78, 5) is 18.6. The minimum Gasteiger partial charge on any atom is -0.385 e. The van der Waals surface area contributed by atoms with Crippen LogP contribution in [-0.2, 0) is 0 Å². The Labute approximate surface area is 108 Å². The molecule has 1 aliphatic rings. The molecule has 1 unspecified atom stereocenters. The van der Waals surface area contributed by atoms with Crippen LogP contribution in [-0.4, -0.2) is 34.9 Å². The minimum absolute atomic E-state index is 0.114. The van der Waals surface area contributed by atoms with Crippen LogP contribution >= 0.6 is 0 Å². The summed E-state index contributed by atoms with van der Waals surface area (Å²) in [5.41, 5.74) is 1.58. The molecule has 4 heteroatoms. The fourth-order valence-electron chi connectivity index (χ4n) is 2.59. The molecule has 4 nitrogen and oxygen atoms in total. The van der Waals surface area contributed by atoms with Crippen molar-refractivity contribution in [2.75, 3.05) is 18.4 Å². The third kappa shape index (κ3) is 2.47. The lowest BCUT2D eigenvalue weighted by Crippen LogP contribution is -2.35. The maximum Gasteiger partial charge on any atom is 0.257 e. The van der Waals surface area contributed by atoms with Crippen LogP contribution in [0.4, 0.5) is 5.69 Å². The van der Waals surface area contributed by atoms with Crippen molar-refractivity contribution in [2.24, 2.45) is 0 Å². The summed E-state index contributed by atoms with van der Waals surface area (Å²) in [5.74, 6) is 0.114. The van der Waals surface area contributed by atoms with Crippen LogP contribution < -0.4 is 5.32 Å². The SMILES string of the molecule is CCNc1ccncc1C(=O)N1CCCC1CC. The maximum atomic E-state index is 12.6. The Balaban J connectivity index is 2.22. The number of anilines is 1. The third-order valence-electron chi connectivity index (χ3n) is 3.53. The molecule has 98 valence electrons. The zero-order valence-electron chi connectivity index (χ0n) is 11.1. The summed E-state index contributed by atoms with van der Waals surface area (Å²) in [5, 5.41) is 3.23. The number of hydrogen-bond donors (Lipinski definition) is 1. The molecule has 0 bridgehead atoms. The number of nitrogens with zero attached hydrogens (tertiary/aromatic N) is 2. The first kappa shape index (κ1) is 12.9. The lowest BCUT2D eigenvalue weighted by molar-refractivity contribution is 0.0734. The molecule has 1 atom stereocenters. The molecule has 18 heavy (non-hydrogen) atoms. The molecule has 1 amide bonds. The van der Waals surface area contributed by atoms with Crippen molar-refractivity contribution < 1.29 is 4.79 Å².